The van der Waals surface area contributed by atoms with Crippen LogP contribution < -0.4 is 10.2 Å². The number of hydrogen-bond donors (Lipinski definition) is 1. The number of benzene rings is 3. The van der Waals surface area contributed by atoms with Gasteiger partial charge in [-0.25, -0.2) is 0 Å². The molecular weight excluding hydrogens is 454 g/mol. The topological polar surface area (TPSA) is 52.7 Å². The maximum Gasteiger partial charge on any atom is 0.253 e. The van der Waals surface area contributed by atoms with Crippen molar-refractivity contribution in [2.45, 2.75) is 31.1 Å². The Kier molecular flexibility index (Phi) is 7.81. The molecule has 0 unspecified atom stereocenters. The summed E-state index contributed by atoms with van der Waals surface area (Å²) in [6, 6.07) is 25.8. The van der Waals surface area contributed by atoms with Crippen molar-refractivity contribution in [3.05, 3.63) is 90.0 Å². The first kappa shape index (κ1) is 24.9. The summed E-state index contributed by atoms with van der Waals surface area (Å²) in [6.45, 7) is 9.55. The minimum absolute atomic E-state index is 0.0179. The molecule has 5 nitrogen and oxygen atoms in total. The molecule has 1 fully saturated rings. The Morgan fingerprint density at radius 1 is 0.829 bits per heavy atom. The molecule has 0 aliphatic carbocycles. The van der Waals surface area contributed by atoms with Crippen LogP contribution in [0.4, 0.5) is 11.4 Å². The van der Waals surface area contributed by atoms with Gasteiger partial charge in [0.25, 0.3) is 5.91 Å². The largest absolute Gasteiger partial charge is 0.368 e. The van der Waals surface area contributed by atoms with Gasteiger partial charge in [0.2, 0.25) is 5.91 Å². The second-order valence-corrected chi connectivity index (χ2v) is 10.9. The molecule has 6 heteroatoms. The first-order valence-electron chi connectivity index (χ1n) is 12.0. The van der Waals surface area contributed by atoms with Crippen molar-refractivity contribution in [2.75, 3.05) is 42.1 Å². The number of hydrogen-bond acceptors (Lipinski definition) is 4. The van der Waals surface area contributed by atoms with Gasteiger partial charge in [0, 0.05) is 48.0 Å². The van der Waals surface area contributed by atoms with E-state index in [4.69, 9.17) is 0 Å². The van der Waals surface area contributed by atoms with Gasteiger partial charge in [0.15, 0.2) is 0 Å². The molecule has 0 radical (unpaired) electrons. The number of carbonyl (C=O) groups excluding carboxylic acids is 2. The number of nitrogens with one attached hydrogen (secondary N) is 1. The van der Waals surface area contributed by atoms with E-state index in [2.05, 4.69) is 55.3 Å². The molecule has 0 bridgehead atoms. The molecule has 4 rings (SSSR count). The molecular formula is C29H33N3O2S. The zero-order chi connectivity index (χ0) is 24.8. The smallest absolute Gasteiger partial charge is 0.253 e. The molecule has 1 N–H and O–H groups in total. The third-order valence-electron chi connectivity index (χ3n) is 6.19. The van der Waals surface area contributed by atoms with Crippen LogP contribution in [0.2, 0.25) is 0 Å². The van der Waals surface area contributed by atoms with E-state index in [1.54, 1.807) is 11.8 Å². The van der Waals surface area contributed by atoms with E-state index in [1.807, 2.05) is 59.5 Å². The highest BCUT2D eigenvalue weighted by Gasteiger charge is 2.22. The summed E-state index contributed by atoms with van der Waals surface area (Å²) in [5, 5.41) is 2.99. The van der Waals surface area contributed by atoms with Gasteiger partial charge in [-0.1, -0.05) is 51.1 Å². The number of carbonyl (C=O) groups is 2. The average Bonchev–Trinajstić information content (AvgIpc) is 2.88. The Morgan fingerprint density at radius 3 is 2.06 bits per heavy atom. The molecule has 0 spiro atoms. The van der Waals surface area contributed by atoms with E-state index in [0.717, 1.165) is 34.9 Å². The van der Waals surface area contributed by atoms with E-state index in [0.29, 0.717) is 18.8 Å². The van der Waals surface area contributed by atoms with Gasteiger partial charge in [0.05, 0.1) is 5.75 Å². The van der Waals surface area contributed by atoms with Crippen molar-refractivity contribution in [1.82, 2.24) is 4.90 Å². The van der Waals surface area contributed by atoms with Gasteiger partial charge in [-0.3, -0.25) is 9.59 Å². The third kappa shape index (κ3) is 6.67. The Balaban J connectivity index is 1.24. The lowest BCUT2D eigenvalue weighted by Crippen LogP contribution is -2.48. The van der Waals surface area contributed by atoms with Gasteiger partial charge in [-0.2, -0.15) is 0 Å². The van der Waals surface area contributed by atoms with E-state index >= 15 is 0 Å². The van der Waals surface area contributed by atoms with Crippen LogP contribution in [-0.4, -0.2) is 48.6 Å². The molecule has 1 aliphatic rings. The number of amides is 2. The fraction of sp³-hybridized carbons (Fsp3) is 0.310. The monoisotopic (exact) mass is 487 g/mol. The van der Waals surface area contributed by atoms with Gasteiger partial charge in [-0.05, 0) is 59.5 Å². The van der Waals surface area contributed by atoms with Gasteiger partial charge in [-0.15, -0.1) is 11.8 Å². The van der Waals surface area contributed by atoms with Crippen molar-refractivity contribution in [3.63, 3.8) is 0 Å². The van der Waals surface area contributed by atoms with Crippen molar-refractivity contribution in [2.24, 2.45) is 0 Å². The Morgan fingerprint density at radius 2 is 1.46 bits per heavy atom. The Labute approximate surface area is 212 Å². The van der Waals surface area contributed by atoms with Crippen LogP contribution in [-0.2, 0) is 10.2 Å². The molecule has 0 aromatic heterocycles. The second-order valence-electron chi connectivity index (χ2n) is 9.80. The van der Waals surface area contributed by atoms with Crippen LogP contribution in [0.15, 0.2) is 83.8 Å². The maximum absolute atomic E-state index is 12.7. The average molecular weight is 488 g/mol. The minimum atomic E-state index is -0.0179. The highest BCUT2D eigenvalue weighted by atomic mass is 32.2. The lowest BCUT2D eigenvalue weighted by molar-refractivity contribution is -0.113. The van der Waals surface area contributed by atoms with E-state index in [-0.39, 0.29) is 17.2 Å². The molecule has 35 heavy (non-hydrogen) atoms. The van der Waals surface area contributed by atoms with Crippen molar-refractivity contribution in [1.29, 1.82) is 0 Å². The molecule has 1 aliphatic heterocycles. The predicted octanol–water partition coefficient (Wildman–Crippen LogP) is 5.68. The van der Waals surface area contributed by atoms with Crippen LogP contribution >= 0.6 is 11.8 Å². The van der Waals surface area contributed by atoms with Gasteiger partial charge in [0.1, 0.15) is 0 Å². The third-order valence-corrected chi connectivity index (χ3v) is 7.21. The van der Waals surface area contributed by atoms with Crippen molar-refractivity contribution >= 4 is 35.0 Å². The zero-order valence-electron chi connectivity index (χ0n) is 20.7. The number of thioether (sulfide) groups is 1. The lowest BCUT2D eigenvalue weighted by atomic mass is 9.87. The van der Waals surface area contributed by atoms with E-state index < -0.39 is 0 Å². The fourth-order valence-corrected chi connectivity index (χ4v) is 4.78. The van der Waals surface area contributed by atoms with Gasteiger partial charge < -0.3 is 15.1 Å². The lowest BCUT2D eigenvalue weighted by Gasteiger charge is -2.36. The zero-order valence-corrected chi connectivity index (χ0v) is 21.5. The Bertz CT molecular complexity index is 1130. The number of nitrogens with zero attached hydrogens (tertiary/aromatic N) is 2. The maximum atomic E-state index is 12.7. The fourth-order valence-electron chi connectivity index (χ4n) is 4.08. The number of rotatable bonds is 6. The normalized spacial score (nSPS) is 14.0. The quantitative estimate of drug-likeness (QED) is 0.455. The molecule has 1 saturated heterocycles. The summed E-state index contributed by atoms with van der Waals surface area (Å²) in [4.78, 5) is 30.4. The van der Waals surface area contributed by atoms with Gasteiger partial charge >= 0.3 is 0 Å². The molecule has 3 aromatic carbocycles. The first-order chi connectivity index (χ1) is 16.8. The highest BCUT2D eigenvalue weighted by molar-refractivity contribution is 8.00. The molecule has 0 saturated carbocycles. The van der Waals surface area contributed by atoms with Crippen molar-refractivity contribution < 1.29 is 9.59 Å². The highest BCUT2D eigenvalue weighted by Crippen LogP contribution is 2.26. The number of piperazine rings is 1. The summed E-state index contributed by atoms with van der Waals surface area (Å²) < 4.78 is 0. The summed E-state index contributed by atoms with van der Waals surface area (Å²) in [5.74, 6) is 0.440. The number of anilines is 2. The van der Waals surface area contributed by atoms with Crippen molar-refractivity contribution in [3.8, 4) is 0 Å². The summed E-state index contributed by atoms with van der Waals surface area (Å²) in [6.07, 6.45) is 0. The van der Waals surface area contributed by atoms with E-state index in [1.165, 1.54) is 5.56 Å². The summed E-state index contributed by atoms with van der Waals surface area (Å²) in [5.41, 5.74) is 4.04. The molecule has 1 heterocycles. The van der Waals surface area contributed by atoms with Crippen LogP contribution in [0, 0.1) is 0 Å². The van der Waals surface area contributed by atoms with E-state index in [9.17, 15) is 9.59 Å². The van der Waals surface area contributed by atoms with Crippen LogP contribution in [0.5, 0.6) is 0 Å². The molecule has 2 amide bonds. The van der Waals surface area contributed by atoms with Crippen LogP contribution in [0.3, 0.4) is 0 Å². The Hall–Kier alpha value is -3.25. The predicted molar refractivity (Wildman–Crippen MR) is 145 cm³/mol. The standard InChI is InChI=1S/C29H33N3O2S/c1-29(2,3)23-9-15-26(16-10-23)35-21-27(33)30-24-11-13-25(14-12-24)31-17-19-32(20-18-31)28(34)22-7-5-4-6-8-22/h4-16H,17-21H2,1-3H3,(H,30,33). The summed E-state index contributed by atoms with van der Waals surface area (Å²) in [7, 11) is 0. The SMILES string of the molecule is CC(C)(C)c1ccc(SCC(=O)Nc2ccc(N3CCN(C(=O)c4ccccc4)CC3)cc2)cc1. The molecule has 182 valence electrons. The van der Waals surface area contributed by atoms with Crippen LogP contribution in [0.25, 0.3) is 0 Å². The molecule has 3 aromatic rings. The molecule has 0 atom stereocenters. The first-order valence-corrected chi connectivity index (χ1v) is 13.0. The van der Waals surface area contributed by atoms with Crippen LogP contribution in [0.1, 0.15) is 36.7 Å². The second kappa shape index (κ2) is 11.0. The summed E-state index contributed by atoms with van der Waals surface area (Å²) >= 11 is 1.54. The minimum Gasteiger partial charge on any atom is -0.368 e.